The molecule has 1 aromatic rings. The van der Waals surface area contributed by atoms with Gasteiger partial charge in [-0.05, 0) is 31.0 Å². The van der Waals surface area contributed by atoms with Gasteiger partial charge in [0.25, 0.3) is 5.91 Å². The molecule has 0 spiro atoms. The van der Waals surface area contributed by atoms with Gasteiger partial charge in [-0.2, -0.15) is 0 Å². The van der Waals surface area contributed by atoms with Crippen LogP contribution in [0.2, 0.25) is 0 Å². The topological polar surface area (TPSA) is 84.7 Å². The number of amides is 2. The second-order valence-corrected chi connectivity index (χ2v) is 5.05. The molecular weight excluding hydrogens is 270 g/mol. The predicted octanol–water partition coefficient (Wildman–Crippen LogP) is 1.02. The van der Waals surface area contributed by atoms with E-state index >= 15 is 0 Å². The van der Waals surface area contributed by atoms with Crippen molar-refractivity contribution in [3.8, 4) is 5.75 Å². The van der Waals surface area contributed by atoms with Crippen LogP contribution in [0.5, 0.6) is 5.75 Å². The van der Waals surface area contributed by atoms with Gasteiger partial charge in [0.2, 0.25) is 5.91 Å². The first kappa shape index (κ1) is 15.2. The lowest BCUT2D eigenvalue weighted by molar-refractivity contribution is -0.129. The van der Waals surface area contributed by atoms with E-state index in [0.717, 1.165) is 25.9 Å². The number of carbonyl (C=O) groups is 2. The normalized spacial score (nSPS) is 14.0. The number of hydrogen-bond acceptors (Lipinski definition) is 4. The third-order valence-electron chi connectivity index (χ3n) is 3.58. The fourth-order valence-electron chi connectivity index (χ4n) is 2.36. The maximum Gasteiger partial charge on any atom is 0.251 e. The molecule has 0 radical (unpaired) electrons. The van der Waals surface area contributed by atoms with Gasteiger partial charge in [0, 0.05) is 31.6 Å². The number of ether oxygens (including phenoxy) is 1. The Morgan fingerprint density at radius 2 is 2.05 bits per heavy atom. The van der Waals surface area contributed by atoms with Crippen molar-refractivity contribution in [3.05, 3.63) is 23.8 Å². The van der Waals surface area contributed by atoms with Crippen LogP contribution in [0.3, 0.4) is 0 Å². The molecule has 6 heteroatoms. The molecule has 1 aliphatic heterocycles. The molecule has 2 rings (SSSR count). The zero-order valence-corrected chi connectivity index (χ0v) is 12.2. The predicted molar refractivity (Wildman–Crippen MR) is 80.2 cm³/mol. The zero-order valence-electron chi connectivity index (χ0n) is 12.2. The van der Waals surface area contributed by atoms with Crippen molar-refractivity contribution >= 4 is 17.5 Å². The molecule has 2 amide bonds. The van der Waals surface area contributed by atoms with Crippen LogP contribution in [-0.2, 0) is 4.79 Å². The van der Waals surface area contributed by atoms with Crippen LogP contribution in [0, 0.1) is 0 Å². The average Bonchev–Trinajstić information content (AvgIpc) is 3.01. The molecule has 0 aliphatic carbocycles. The maximum atomic E-state index is 12.0. The summed E-state index contributed by atoms with van der Waals surface area (Å²) in [5, 5.41) is 2.74. The number of nitrogens with zero attached hydrogens (tertiary/aromatic N) is 1. The van der Waals surface area contributed by atoms with Crippen molar-refractivity contribution in [2.75, 3.05) is 32.5 Å². The van der Waals surface area contributed by atoms with Crippen molar-refractivity contribution in [1.82, 2.24) is 10.2 Å². The Balaban J connectivity index is 1.82. The molecule has 3 N–H and O–H groups in total. The third-order valence-corrected chi connectivity index (χ3v) is 3.58. The molecule has 0 unspecified atom stereocenters. The third kappa shape index (κ3) is 3.87. The van der Waals surface area contributed by atoms with Gasteiger partial charge in [-0.1, -0.05) is 0 Å². The summed E-state index contributed by atoms with van der Waals surface area (Å²) < 4.78 is 5.08. The highest BCUT2D eigenvalue weighted by atomic mass is 16.5. The van der Waals surface area contributed by atoms with Crippen molar-refractivity contribution in [2.24, 2.45) is 0 Å². The van der Waals surface area contributed by atoms with Gasteiger partial charge >= 0.3 is 0 Å². The molecule has 1 fully saturated rings. The molecule has 21 heavy (non-hydrogen) atoms. The largest absolute Gasteiger partial charge is 0.495 e. The van der Waals surface area contributed by atoms with Crippen molar-refractivity contribution < 1.29 is 14.3 Å². The van der Waals surface area contributed by atoms with Gasteiger partial charge in [-0.3, -0.25) is 9.59 Å². The van der Waals surface area contributed by atoms with E-state index in [4.69, 9.17) is 10.5 Å². The minimum absolute atomic E-state index is 0.0997. The number of rotatable bonds is 5. The molecule has 1 aromatic carbocycles. The number of methoxy groups -OCH3 is 1. The van der Waals surface area contributed by atoms with Crippen LogP contribution >= 0.6 is 0 Å². The summed E-state index contributed by atoms with van der Waals surface area (Å²) in [4.78, 5) is 25.7. The van der Waals surface area contributed by atoms with E-state index < -0.39 is 0 Å². The molecule has 1 saturated heterocycles. The number of anilines is 1. The first-order chi connectivity index (χ1) is 10.1. The Hall–Kier alpha value is -2.24. The molecule has 0 bridgehead atoms. The van der Waals surface area contributed by atoms with E-state index in [-0.39, 0.29) is 11.8 Å². The second kappa shape index (κ2) is 6.97. The van der Waals surface area contributed by atoms with Crippen LogP contribution in [-0.4, -0.2) is 43.5 Å². The van der Waals surface area contributed by atoms with Crippen molar-refractivity contribution in [1.29, 1.82) is 0 Å². The molecule has 6 nitrogen and oxygen atoms in total. The number of carbonyl (C=O) groups excluding carboxylic acids is 2. The van der Waals surface area contributed by atoms with E-state index in [2.05, 4.69) is 5.32 Å². The summed E-state index contributed by atoms with van der Waals surface area (Å²) >= 11 is 0. The lowest BCUT2D eigenvalue weighted by Gasteiger charge is -2.15. The molecule has 0 atom stereocenters. The quantitative estimate of drug-likeness (QED) is 0.793. The van der Waals surface area contributed by atoms with E-state index in [1.807, 2.05) is 4.90 Å². The van der Waals surface area contributed by atoms with Crippen LogP contribution < -0.4 is 15.8 Å². The Morgan fingerprint density at radius 3 is 2.71 bits per heavy atom. The Bertz CT molecular complexity index is 525. The Kier molecular flexibility index (Phi) is 5.03. The fraction of sp³-hybridized carbons (Fsp3) is 0.467. The molecule has 114 valence electrons. The highest BCUT2D eigenvalue weighted by Crippen LogP contribution is 2.21. The molecule has 0 aromatic heterocycles. The average molecular weight is 291 g/mol. The fourth-order valence-corrected chi connectivity index (χ4v) is 2.36. The van der Waals surface area contributed by atoms with Gasteiger partial charge in [-0.15, -0.1) is 0 Å². The molecule has 1 heterocycles. The number of nitrogens with one attached hydrogen (secondary N) is 1. The van der Waals surface area contributed by atoms with Crippen molar-refractivity contribution in [3.63, 3.8) is 0 Å². The lowest BCUT2D eigenvalue weighted by Crippen LogP contribution is -2.32. The maximum absolute atomic E-state index is 12.0. The molecular formula is C15H21N3O3. The summed E-state index contributed by atoms with van der Waals surface area (Å²) in [6, 6.07) is 4.85. The van der Waals surface area contributed by atoms with Crippen molar-refractivity contribution in [2.45, 2.75) is 19.3 Å². The number of nitrogen functional groups attached to an aromatic ring is 1. The first-order valence-electron chi connectivity index (χ1n) is 7.11. The van der Waals surface area contributed by atoms with Gasteiger partial charge < -0.3 is 20.7 Å². The van der Waals surface area contributed by atoms with Crippen LogP contribution in [0.15, 0.2) is 18.2 Å². The Morgan fingerprint density at radius 1 is 1.33 bits per heavy atom. The van der Waals surface area contributed by atoms with E-state index in [0.29, 0.717) is 30.0 Å². The first-order valence-corrected chi connectivity index (χ1v) is 7.11. The number of hydrogen-bond donors (Lipinski definition) is 2. The minimum Gasteiger partial charge on any atom is -0.495 e. The number of likely N-dealkylation sites (tertiary alicyclic amines) is 1. The van der Waals surface area contributed by atoms with Crippen LogP contribution in [0.4, 0.5) is 5.69 Å². The highest BCUT2D eigenvalue weighted by Gasteiger charge is 2.17. The summed E-state index contributed by atoms with van der Waals surface area (Å²) in [6.07, 6.45) is 2.48. The number of nitrogens with two attached hydrogens (primary N) is 1. The monoisotopic (exact) mass is 291 g/mol. The van der Waals surface area contributed by atoms with E-state index in [1.165, 1.54) is 7.11 Å². The smallest absolute Gasteiger partial charge is 0.251 e. The SMILES string of the molecule is COc1cc(C(=O)NCCC(=O)N2CCCC2)ccc1N. The summed E-state index contributed by atoms with van der Waals surface area (Å²) in [6.45, 7) is 2.00. The van der Waals surface area contributed by atoms with Crippen LogP contribution in [0.1, 0.15) is 29.6 Å². The Labute approximate surface area is 124 Å². The zero-order chi connectivity index (χ0) is 15.2. The lowest BCUT2D eigenvalue weighted by atomic mass is 10.1. The van der Waals surface area contributed by atoms with Gasteiger partial charge in [0.1, 0.15) is 5.75 Å². The summed E-state index contributed by atoms with van der Waals surface area (Å²) in [7, 11) is 1.50. The number of benzene rings is 1. The molecule has 0 saturated carbocycles. The minimum atomic E-state index is -0.234. The van der Waals surface area contributed by atoms with Crippen LogP contribution in [0.25, 0.3) is 0 Å². The molecule has 1 aliphatic rings. The standard InChI is InChI=1S/C15H21N3O3/c1-21-13-10-11(4-5-12(13)16)15(20)17-7-6-14(19)18-8-2-3-9-18/h4-5,10H,2-3,6-9,16H2,1H3,(H,17,20). The van der Waals surface area contributed by atoms with Gasteiger partial charge in [0.05, 0.1) is 12.8 Å². The van der Waals surface area contributed by atoms with E-state index in [1.54, 1.807) is 18.2 Å². The second-order valence-electron chi connectivity index (χ2n) is 5.05. The highest BCUT2D eigenvalue weighted by molar-refractivity contribution is 5.95. The van der Waals surface area contributed by atoms with Gasteiger partial charge in [0.15, 0.2) is 0 Å². The van der Waals surface area contributed by atoms with Gasteiger partial charge in [-0.25, -0.2) is 0 Å². The summed E-state index contributed by atoms with van der Waals surface area (Å²) in [5.41, 5.74) is 6.65. The summed E-state index contributed by atoms with van der Waals surface area (Å²) in [5.74, 6) is 0.334. The van der Waals surface area contributed by atoms with E-state index in [9.17, 15) is 9.59 Å².